The van der Waals surface area contributed by atoms with Crippen LogP contribution in [0, 0.1) is 12.8 Å². The summed E-state index contributed by atoms with van der Waals surface area (Å²) in [4.78, 5) is 27.6. The molecule has 0 aliphatic rings. The molecule has 8 heteroatoms. The predicted molar refractivity (Wildman–Crippen MR) is 81.0 cm³/mol. The Morgan fingerprint density at radius 1 is 1.41 bits per heavy atom. The number of nitrogens with one attached hydrogen (secondary N) is 2. The summed E-state index contributed by atoms with van der Waals surface area (Å²) in [6.45, 7) is 5.31. The van der Waals surface area contributed by atoms with E-state index in [-0.39, 0.29) is 24.3 Å². The van der Waals surface area contributed by atoms with Crippen LogP contribution in [0.15, 0.2) is 16.8 Å². The largest absolute Gasteiger partial charge is 0.346 e. The molecule has 2 amide bonds. The number of aromatic nitrogens is 2. The SMILES string of the molecule is Cc1noc2ncc(NC(=O)CNC(=O)[C@@H](N)C(C)C)cc12. The first-order chi connectivity index (χ1) is 10.4. The van der Waals surface area contributed by atoms with Gasteiger partial charge in [0.25, 0.3) is 5.71 Å². The summed E-state index contributed by atoms with van der Waals surface area (Å²) in [6, 6.07) is 1.08. The van der Waals surface area contributed by atoms with Gasteiger partial charge in [0.2, 0.25) is 11.8 Å². The van der Waals surface area contributed by atoms with Gasteiger partial charge in [0.15, 0.2) is 0 Å². The number of carbonyl (C=O) groups is 2. The molecule has 22 heavy (non-hydrogen) atoms. The Hall–Kier alpha value is -2.48. The summed E-state index contributed by atoms with van der Waals surface area (Å²) >= 11 is 0. The van der Waals surface area contributed by atoms with Gasteiger partial charge in [-0.25, -0.2) is 4.98 Å². The summed E-state index contributed by atoms with van der Waals surface area (Å²) in [5, 5.41) is 9.66. The third-order valence-electron chi connectivity index (χ3n) is 3.24. The van der Waals surface area contributed by atoms with E-state index in [1.165, 1.54) is 6.20 Å². The van der Waals surface area contributed by atoms with Crippen LogP contribution >= 0.6 is 0 Å². The molecule has 2 heterocycles. The van der Waals surface area contributed by atoms with Crippen LogP contribution in [0.1, 0.15) is 19.5 Å². The Kier molecular flexibility index (Phi) is 4.71. The van der Waals surface area contributed by atoms with Crippen LogP contribution in [0.2, 0.25) is 0 Å². The fourth-order valence-corrected chi connectivity index (χ4v) is 1.81. The number of carbonyl (C=O) groups excluding carboxylic acids is 2. The predicted octanol–water partition coefficient (Wildman–Crippen LogP) is 0.569. The molecule has 0 radical (unpaired) electrons. The number of amides is 2. The van der Waals surface area contributed by atoms with Gasteiger partial charge < -0.3 is 20.9 Å². The summed E-state index contributed by atoms with van der Waals surface area (Å²) in [5.74, 6) is -0.709. The highest BCUT2D eigenvalue weighted by Crippen LogP contribution is 2.19. The molecule has 2 aromatic heterocycles. The molecule has 0 bridgehead atoms. The number of nitrogens with two attached hydrogens (primary N) is 1. The topological polar surface area (TPSA) is 123 Å². The van der Waals surface area contributed by atoms with Crippen molar-refractivity contribution in [3.8, 4) is 0 Å². The Labute approximate surface area is 127 Å². The first-order valence-electron chi connectivity index (χ1n) is 6.93. The summed E-state index contributed by atoms with van der Waals surface area (Å²) in [5.41, 5.74) is 7.30. The minimum atomic E-state index is -0.634. The Bertz CT molecular complexity index is 695. The smallest absolute Gasteiger partial charge is 0.258 e. The van der Waals surface area contributed by atoms with E-state index in [4.69, 9.17) is 10.3 Å². The number of aryl methyl sites for hydroxylation is 1. The molecule has 118 valence electrons. The number of fused-ring (bicyclic) bond motifs is 1. The lowest BCUT2D eigenvalue weighted by atomic mass is 10.1. The van der Waals surface area contributed by atoms with Gasteiger partial charge in [-0.2, -0.15) is 0 Å². The zero-order valence-corrected chi connectivity index (χ0v) is 12.7. The van der Waals surface area contributed by atoms with Gasteiger partial charge in [0, 0.05) is 0 Å². The second kappa shape index (κ2) is 6.52. The fourth-order valence-electron chi connectivity index (χ4n) is 1.81. The summed E-state index contributed by atoms with van der Waals surface area (Å²) in [6.07, 6.45) is 1.46. The van der Waals surface area contributed by atoms with Crippen molar-refractivity contribution in [2.75, 3.05) is 11.9 Å². The lowest BCUT2D eigenvalue weighted by Crippen LogP contribution is -2.46. The molecule has 0 aromatic carbocycles. The van der Waals surface area contributed by atoms with Crippen molar-refractivity contribution < 1.29 is 14.1 Å². The van der Waals surface area contributed by atoms with Crippen LogP contribution < -0.4 is 16.4 Å². The second-order valence-corrected chi connectivity index (χ2v) is 5.38. The minimum absolute atomic E-state index is 0.00577. The van der Waals surface area contributed by atoms with Crippen molar-refractivity contribution in [2.45, 2.75) is 26.8 Å². The molecule has 0 fully saturated rings. The summed E-state index contributed by atoms with van der Waals surface area (Å²) in [7, 11) is 0. The standard InChI is InChI=1S/C14H19N5O3/c1-7(2)12(15)13(21)16-6-11(20)18-9-4-10-8(3)19-22-14(10)17-5-9/h4-5,7,12H,6,15H2,1-3H3,(H,16,21)(H,18,20)/t12-/m0/s1. The molecular weight excluding hydrogens is 286 g/mol. The molecule has 0 aliphatic carbocycles. The van der Waals surface area contributed by atoms with Crippen molar-refractivity contribution in [3.05, 3.63) is 18.0 Å². The average molecular weight is 305 g/mol. The first-order valence-corrected chi connectivity index (χ1v) is 6.93. The van der Waals surface area contributed by atoms with E-state index in [1.54, 1.807) is 13.0 Å². The molecule has 0 saturated carbocycles. The quantitative estimate of drug-likeness (QED) is 0.742. The van der Waals surface area contributed by atoms with E-state index in [1.807, 2.05) is 13.8 Å². The highest BCUT2D eigenvalue weighted by molar-refractivity contribution is 5.96. The van der Waals surface area contributed by atoms with Gasteiger partial charge >= 0.3 is 0 Å². The molecule has 2 rings (SSSR count). The number of hydrogen-bond donors (Lipinski definition) is 3. The van der Waals surface area contributed by atoms with Crippen molar-refractivity contribution in [3.63, 3.8) is 0 Å². The van der Waals surface area contributed by atoms with Gasteiger partial charge in [-0.15, -0.1) is 0 Å². The van der Waals surface area contributed by atoms with E-state index in [0.29, 0.717) is 17.1 Å². The molecule has 2 aromatic rings. The van der Waals surface area contributed by atoms with Crippen LogP contribution in [0.4, 0.5) is 5.69 Å². The van der Waals surface area contributed by atoms with Gasteiger partial charge in [-0.3, -0.25) is 9.59 Å². The zero-order chi connectivity index (χ0) is 16.3. The molecule has 4 N–H and O–H groups in total. The summed E-state index contributed by atoms with van der Waals surface area (Å²) < 4.78 is 4.99. The lowest BCUT2D eigenvalue weighted by Gasteiger charge is -2.15. The van der Waals surface area contributed by atoms with Crippen LogP contribution in [0.25, 0.3) is 11.1 Å². The molecule has 0 spiro atoms. The Balaban J connectivity index is 1.93. The highest BCUT2D eigenvalue weighted by Gasteiger charge is 2.17. The third kappa shape index (κ3) is 3.59. The fraction of sp³-hybridized carbons (Fsp3) is 0.429. The minimum Gasteiger partial charge on any atom is -0.346 e. The van der Waals surface area contributed by atoms with E-state index in [0.717, 1.165) is 5.39 Å². The average Bonchev–Trinajstić information content (AvgIpc) is 2.85. The van der Waals surface area contributed by atoms with E-state index >= 15 is 0 Å². The molecular formula is C14H19N5O3. The van der Waals surface area contributed by atoms with Gasteiger partial charge in [-0.1, -0.05) is 19.0 Å². The third-order valence-corrected chi connectivity index (χ3v) is 3.24. The Morgan fingerprint density at radius 3 is 2.82 bits per heavy atom. The van der Waals surface area contributed by atoms with E-state index in [9.17, 15) is 9.59 Å². The van der Waals surface area contributed by atoms with Crippen molar-refractivity contribution >= 4 is 28.6 Å². The molecule has 8 nitrogen and oxygen atoms in total. The number of nitrogens with zero attached hydrogens (tertiary/aromatic N) is 2. The number of anilines is 1. The van der Waals surface area contributed by atoms with Crippen molar-refractivity contribution in [1.82, 2.24) is 15.5 Å². The van der Waals surface area contributed by atoms with Crippen molar-refractivity contribution in [1.29, 1.82) is 0 Å². The van der Waals surface area contributed by atoms with E-state index < -0.39 is 6.04 Å². The maximum atomic E-state index is 11.8. The van der Waals surface area contributed by atoms with Gasteiger partial charge in [0.05, 0.1) is 35.6 Å². The molecule has 0 saturated heterocycles. The molecule has 1 atom stereocenters. The second-order valence-electron chi connectivity index (χ2n) is 5.38. The van der Waals surface area contributed by atoms with E-state index in [2.05, 4.69) is 20.8 Å². The van der Waals surface area contributed by atoms with Crippen LogP contribution in [0.3, 0.4) is 0 Å². The van der Waals surface area contributed by atoms with Crippen LogP contribution in [-0.2, 0) is 9.59 Å². The maximum absolute atomic E-state index is 11.8. The number of rotatable bonds is 5. The zero-order valence-electron chi connectivity index (χ0n) is 12.7. The number of pyridine rings is 1. The van der Waals surface area contributed by atoms with Crippen LogP contribution in [0.5, 0.6) is 0 Å². The molecule has 0 unspecified atom stereocenters. The molecule has 0 aliphatic heterocycles. The lowest BCUT2D eigenvalue weighted by molar-refractivity contribution is -0.125. The van der Waals surface area contributed by atoms with Gasteiger partial charge in [0.1, 0.15) is 0 Å². The van der Waals surface area contributed by atoms with Crippen molar-refractivity contribution in [2.24, 2.45) is 11.7 Å². The number of hydrogen-bond acceptors (Lipinski definition) is 6. The monoisotopic (exact) mass is 305 g/mol. The Morgan fingerprint density at radius 2 is 2.14 bits per heavy atom. The van der Waals surface area contributed by atoms with Crippen LogP contribution in [-0.4, -0.2) is 34.5 Å². The van der Waals surface area contributed by atoms with Gasteiger partial charge in [-0.05, 0) is 18.9 Å². The maximum Gasteiger partial charge on any atom is 0.258 e. The first kappa shape index (κ1) is 15.9. The normalized spacial score (nSPS) is 12.4. The highest BCUT2D eigenvalue weighted by atomic mass is 16.5.